The van der Waals surface area contributed by atoms with Gasteiger partial charge in [0, 0.05) is 42.3 Å². The van der Waals surface area contributed by atoms with E-state index in [4.69, 9.17) is 0 Å². The summed E-state index contributed by atoms with van der Waals surface area (Å²) < 4.78 is 1.90. The lowest BCUT2D eigenvalue weighted by Crippen LogP contribution is -2.37. The average Bonchev–Trinajstić information content (AvgIpc) is 3.30. The normalized spacial score (nSPS) is 16.9. The van der Waals surface area contributed by atoms with Crippen molar-refractivity contribution in [3.05, 3.63) is 39.5 Å². The molecule has 5 rings (SSSR count). The lowest BCUT2D eigenvalue weighted by molar-refractivity contribution is -0.118. The smallest absolute Gasteiger partial charge is 0.257 e. The summed E-state index contributed by atoms with van der Waals surface area (Å²) in [7, 11) is 1.71. The van der Waals surface area contributed by atoms with Crippen molar-refractivity contribution in [3.63, 3.8) is 0 Å². The van der Waals surface area contributed by atoms with E-state index in [1.807, 2.05) is 24.4 Å². The van der Waals surface area contributed by atoms with E-state index >= 15 is 0 Å². The van der Waals surface area contributed by atoms with Crippen LogP contribution in [0.3, 0.4) is 0 Å². The van der Waals surface area contributed by atoms with Crippen LogP contribution in [-0.2, 0) is 17.8 Å². The zero-order valence-electron chi connectivity index (χ0n) is 17.6. The van der Waals surface area contributed by atoms with Crippen LogP contribution >= 0.6 is 11.3 Å². The fourth-order valence-corrected chi connectivity index (χ4v) is 5.89. The van der Waals surface area contributed by atoms with Gasteiger partial charge in [0.15, 0.2) is 5.65 Å². The van der Waals surface area contributed by atoms with Gasteiger partial charge in [-0.2, -0.15) is 9.61 Å². The Morgan fingerprint density at radius 3 is 2.77 bits per heavy atom. The molecule has 0 N–H and O–H groups in total. The molecule has 0 aromatic carbocycles. The van der Waals surface area contributed by atoms with Gasteiger partial charge in [0.05, 0.1) is 18.3 Å². The summed E-state index contributed by atoms with van der Waals surface area (Å²) in [5.41, 5.74) is 4.74. The Hall–Kier alpha value is -2.94. The molecule has 0 aliphatic carbocycles. The highest BCUT2D eigenvalue weighted by atomic mass is 32.1. The first-order valence-corrected chi connectivity index (χ1v) is 11.0. The number of hydrogen-bond acceptors (Lipinski definition) is 6. The molecule has 2 aliphatic rings. The summed E-state index contributed by atoms with van der Waals surface area (Å²) in [5.74, 6) is 0.968. The van der Waals surface area contributed by atoms with Crippen molar-refractivity contribution in [1.29, 1.82) is 0 Å². The topological polar surface area (TPSA) is 74.1 Å². The molecule has 2 aliphatic heterocycles. The van der Waals surface area contributed by atoms with Crippen LogP contribution in [0.15, 0.2) is 12.3 Å². The van der Waals surface area contributed by atoms with Crippen LogP contribution in [0.2, 0.25) is 0 Å². The van der Waals surface area contributed by atoms with Gasteiger partial charge in [-0.25, -0.2) is 4.98 Å². The fraction of sp³-hybridized carbons (Fsp3) is 0.429. The molecule has 0 saturated heterocycles. The number of amides is 2. The molecule has 0 spiro atoms. The Morgan fingerprint density at radius 1 is 1.20 bits per heavy atom. The molecule has 8 nitrogen and oxygen atoms in total. The average molecular weight is 425 g/mol. The molecule has 9 heteroatoms. The third kappa shape index (κ3) is 2.64. The first-order chi connectivity index (χ1) is 14.4. The van der Waals surface area contributed by atoms with E-state index in [2.05, 4.69) is 21.9 Å². The largest absolute Gasteiger partial charge is 0.351 e. The lowest BCUT2D eigenvalue weighted by atomic mass is 10.0. The second kappa shape index (κ2) is 6.80. The first kappa shape index (κ1) is 19.0. The number of hydrogen-bond donors (Lipinski definition) is 0. The molecule has 0 atom stereocenters. The standard InChI is InChI=1S/C21H24N6O2S/c1-5-26-17(28)11-24(4)20(29)18-14-7-9-25(10-15(14)30-21(18)26)19-12(2)13(3)23-16-6-8-22-27(16)19/h6,8H,5,7,9-11H2,1-4H3. The number of aryl methyl sites for hydroxylation is 1. The van der Waals surface area contributed by atoms with Crippen molar-refractivity contribution < 1.29 is 9.59 Å². The van der Waals surface area contributed by atoms with Crippen molar-refractivity contribution in [1.82, 2.24) is 19.5 Å². The van der Waals surface area contributed by atoms with E-state index in [9.17, 15) is 9.59 Å². The van der Waals surface area contributed by atoms with Crippen LogP contribution in [0.25, 0.3) is 5.65 Å². The number of fused-ring (bicyclic) bond motifs is 4. The minimum absolute atomic E-state index is 0.0265. The van der Waals surface area contributed by atoms with Gasteiger partial charge in [-0.15, -0.1) is 11.3 Å². The zero-order chi connectivity index (χ0) is 21.2. The minimum atomic E-state index is -0.0503. The molecule has 156 valence electrons. The van der Waals surface area contributed by atoms with Crippen LogP contribution < -0.4 is 9.80 Å². The van der Waals surface area contributed by atoms with E-state index in [1.165, 1.54) is 0 Å². The Morgan fingerprint density at radius 2 is 2.00 bits per heavy atom. The van der Waals surface area contributed by atoms with Gasteiger partial charge in [0.1, 0.15) is 17.4 Å². The summed E-state index contributed by atoms with van der Waals surface area (Å²) >= 11 is 1.58. The van der Waals surface area contributed by atoms with Crippen molar-refractivity contribution in [2.75, 3.05) is 36.5 Å². The van der Waals surface area contributed by atoms with Crippen LogP contribution in [0.4, 0.5) is 10.8 Å². The van der Waals surface area contributed by atoms with Gasteiger partial charge < -0.3 is 14.7 Å². The molecule has 0 saturated carbocycles. The predicted octanol–water partition coefficient (Wildman–Crippen LogP) is 2.41. The highest BCUT2D eigenvalue weighted by Gasteiger charge is 2.36. The quantitative estimate of drug-likeness (QED) is 0.632. The number of carbonyl (C=O) groups excluding carboxylic acids is 2. The summed E-state index contributed by atoms with van der Waals surface area (Å²) in [5, 5.41) is 5.29. The summed E-state index contributed by atoms with van der Waals surface area (Å²) in [6, 6.07) is 1.91. The van der Waals surface area contributed by atoms with Gasteiger partial charge in [-0.05, 0) is 32.8 Å². The predicted molar refractivity (Wildman–Crippen MR) is 117 cm³/mol. The molecule has 2 amide bonds. The molecule has 0 radical (unpaired) electrons. The molecule has 5 heterocycles. The zero-order valence-corrected chi connectivity index (χ0v) is 18.4. The van der Waals surface area contributed by atoms with Gasteiger partial charge in [0.25, 0.3) is 5.91 Å². The summed E-state index contributed by atoms with van der Waals surface area (Å²) in [4.78, 5) is 37.1. The monoisotopic (exact) mass is 424 g/mol. The highest BCUT2D eigenvalue weighted by molar-refractivity contribution is 7.17. The maximum absolute atomic E-state index is 13.1. The van der Waals surface area contributed by atoms with Crippen molar-refractivity contribution >= 4 is 39.6 Å². The maximum atomic E-state index is 13.1. The van der Waals surface area contributed by atoms with Crippen LogP contribution in [0.5, 0.6) is 0 Å². The summed E-state index contributed by atoms with van der Waals surface area (Å²) in [6.45, 7) is 8.22. The Bertz CT molecular complexity index is 1200. The van der Waals surface area contributed by atoms with Crippen molar-refractivity contribution in [2.45, 2.75) is 33.7 Å². The van der Waals surface area contributed by atoms with E-state index in [1.54, 1.807) is 34.4 Å². The van der Waals surface area contributed by atoms with E-state index in [-0.39, 0.29) is 18.4 Å². The number of carbonyl (C=O) groups is 2. The number of aromatic nitrogens is 3. The molecule has 0 unspecified atom stereocenters. The van der Waals surface area contributed by atoms with Crippen LogP contribution in [0, 0.1) is 13.8 Å². The van der Waals surface area contributed by atoms with E-state index in [0.717, 1.165) is 56.7 Å². The number of nitrogens with zero attached hydrogens (tertiary/aromatic N) is 6. The number of likely N-dealkylation sites (N-methyl/N-ethyl adjacent to an activating group) is 2. The molecule has 3 aromatic rings. The number of thiophene rings is 1. The molecule has 0 bridgehead atoms. The Balaban J connectivity index is 1.61. The van der Waals surface area contributed by atoms with Gasteiger partial charge >= 0.3 is 0 Å². The van der Waals surface area contributed by atoms with Crippen LogP contribution in [0.1, 0.15) is 39.0 Å². The fourth-order valence-electron chi connectivity index (χ4n) is 4.46. The molecule has 30 heavy (non-hydrogen) atoms. The Labute approximate surface area is 178 Å². The minimum Gasteiger partial charge on any atom is -0.351 e. The first-order valence-electron chi connectivity index (χ1n) is 10.2. The van der Waals surface area contributed by atoms with Gasteiger partial charge in [-0.1, -0.05) is 0 Å². The SMILES string of the molecule is CCN1C(=O)CN(C)C(=O)c2c1sc1c2CCN(c2c(C)c(C)nc3ccnn23)C1. The molecular formula is C21H24N6O2S. The molecule has 3 aromatic heterocycles. The maximum Gasteiger partial charge on any atom is 0.257 e. The molecule has 0 fully saturated rings. The second-order valence-electron chi connectivity index (χ2n) is 7.90. The van der Waals surface area contributed by atoms with Crippen molar-refractivity contribution in [3.8, 4) is 0 Å². The number of anilines is 2. The third-order valence-electron chi connectivity index (χ3n) is 6.12. The highest BCUT2D eigenvalue weighted by Crippen LogP contribution is 2.42. The van der Waals surface area contributed by atoms with Crippen molar-refractivity contribution in [2.24, 2.45) is 0 Å². The van der Waals surface area contributed by atoms with E-state index < -0.39 is 0 Å². The van der Waals surface area contributed by atoms with E-state index in [0.29, 0.717) is 13.1 Å². The van der Waals surface area contributed by atoms with Gasteiger partial charge in [-0.3, -0.25) is 9.59 Å². The third-order valence-corrected chi connectivity index (χ3v) is 7.36. The Kier molecular flexibility index (Phi) is 4.32. The van der Waals surface area contributed by atoms with Crippen LogP contribution in [-0.4, -0.2) is 58.0 Å². The second-order valence-corrected chi connectivity index (χ2v) is 8.99. The molecular weight excluding hydrogens is 400 g/mol. The van der Waals surface area contributed by atoms with Gasteiger partial charge in [0.2, 0.25) is 5.91 Å². The lowest BCUT2D eigenvalue weighted by Gasteiger charge is -2.31. The summed E-state index contributed by atoms with van der Waals surface area (Å²) in [6.07, 6.45) is 2.53. The number of rotatable bonds is 2.